The summed E-state index contributed by atoms with van der Waals surface area (Å²) in [5.74, 6) is -1.17. The molecule has 0 saturated heterocycles. The molecule has 56 heavy (non-hydrogen) atoms. The lowest BCUT2D eigenvalue weighted by Gasteiger charge is -2.44. The molecule has 0 nitrogen and oxygen atoms in total. The van der Waals surface area contributed by atoms with Crippen LogP contribution in [0, 0.1) is 11.8 Å². The molecule has 0 saturated carbocycles. The lowest BCUT2D eigenvalue weighted by atomic mass is 9.48. The highest BCUT2D eigenvalue weighted by molar-refractivity contribution is 6.62. The van der Waals surface area contributed by atoms with Gasteiger partial charge < -0.3 is 0 Å². The summed E-state index contributed by atoms with van der Waals surface area (Å²) in [6, 6.07) is 46.5. The third-order valence-corrected chi connectivity index (χ3v) is 12.0. The van der Waals surface area contributed by atoms with E-state index in [4.69, 9.17) is 62.8 Å². The highest BCUT2D eigenvalue weighted by Gasteiger charge is 2.40. The molecule has 0 fully saturated rings. The SMILES string of the molecule is [B]C1=C([B])C2C(c3cccc(-c4ccc5ccccc5c4)c3)=c3c([B])c([B])c([B])c([B])c3=C(c3cccc4c3ccc3cc5ccccc5cc34)C2C([B])=C1[B]. The van der Waals surface area contributed by atoms with E-state index in [0.717, 1.165) is 71.1 Å². The summed E-state index contributed by atoms with van der Waals surface area (Å²) < 4.78 is 0. The summed E-state index contributed by atoms with van der Waals surface area (Å²) in [4.78, 5) is 0. The molecule has 0 amide bonds. The van der Waals surface area contributed by atoms with E-state index in [2.05, 4.69) is 109 Å². The molecule has 2 aliphatic rings. The second-order valence-corrected chi connectivity index (χ2v) is 15.0. The van der Waals surface area contributed by atoms with Gasteiger partial charge in [0.25, 0.3) is 0 Å². The average molecular weight is 687 g/mol. The van der Waals surface area contributed by atoms with Gasteiger partial charge in [-0.15, -0.1) is 32.8 Å². The molecule has 0 spiro atoms. The molecule has 0 N–H and O–H groups in total. The van der Waals surface area contributed by atoms with Crippen LogP contribution in [0.2, 0.25) is 0 Å². The van der Waals surface area contributed by atoms with Gasteiger partial charge in [-0.25, -0.2) is 0 Å². The summed E-state index contributed by atoms with van der Waals surface area (Å²) >= 11 is 0. The normalized spacial score (nSPS) is 16.9. The molecule has 0 aliphatic heterocycles. The van der Waals surface area contributed by atoms with Crippen LogP contribution in [0.15, 0.2) is 155 Å². The minimum absolute atomic E-state index is 0.201. The van der Waals surface area contributed by atoms with Gasteiger partial charge in [-0.2, -0.15) is 0 Å². The third-order valence-electron chi connectivity index (χ3n) is 12.0. The molecule has 2 atom stereocenters. The van der Waals surface area contributed by atoms with E-state index in [1.807, 2.05) is 24.3 Å². The summed E-state index contributed by atoms with van der Waals surface area (Å²) in [6.07, 6.45) is 0. The molecular formula is C48H24B8. The van der Waals surface area contributed by atoms with Crippen LogP contribution in [-0.4, -0.2) is 62.8 Å². The summed E-state index contributed by atoms with van der Waals surface area (Å²) in [6.45, 7) is 0. The Bertz CT molecular complexity index is 3250. The summed E-state index contributed by atoms with van der Waals surface area (Å²) in [5, 5.41) is 10.2. The molecule has 8 aromatic rings. The maximum Gasteiger partial charge on any atom is 0.113 e. The maximum absolute atomic E-state index is 7.16. The van der Waals surface area contributed by atoms with Gasteiger partial charge in [0, 0.05) is 11.8 Å². The number of allylic oxidation sites excluding steroid dienone is 4. The molecule has 2 aliphatic carbocycles. The number of rotatable bonds is 3. The highest BCUT2D eigenvalue weighted by atomic mass is 14.4. The lowest BCUT2D eigenvalue weighted by molar-refractivity contribution is 0.661. The number of fused-ring (bicyclic) bond motifs is 7. The van der Waals surface area contributed by atoms with Crippen LogP contribution < -0.4 is 32.3 Å². The first-order valence-corrected chi connectivity index (χ1v) is 18.6. The minimum atomic E-state index is -0.586. The predicted octanol–water partition coefficient (Wildman–Crippen LogP) is 3.90. The molecule has 0 heterocycles. The third kappa shape index (κ3) is 5.11. The fourth-order valence-electron chi connectivity index (χ4n) is 9.23. The Morgan fingerprint density at radius 3 is 1.55 bits per heavy atom. The van der Waals surface area contributed by atoms with E-state index in [0.29, 0.717) is 32.3 Å². The zero-order valence-electron chi connectivity index (χ0n) is 30.5. The van der Waals surface area contributed by atoms with E-state index in [-0.39, 0.29) is 21.9 Å². The molecule has 2 unspecified atom stereocenters. The van der Waals surface area contributed by atoms with Gasteiger partial charge in [-0.3, -0.25) is 0 Å². The standard InChI is InChI=1S/C48H24B8/c49-41-37-35(30-12-5-11-26(21-30)28-16-15-23-7-1-2-8-24(23)19-28)38-40(44(52)48(56)46(54)42(38)50)36(39(37)43(51)47(55)45(41)53)33-14-6-13-31-32(33)18-17-29-20-25-9-3-4-10-27(25)22-34(29)31/h1-22,37,39H. The Balaban J connectivity index is 1.35. The van der Waals surface area contributed by atoms with Crippen molar-refractivity contribution in [2.75, 3.05) is 0 Å². The smallest absolute Gasteiger partial charge is 0.113 e. The number of hydrogen-bond donors (Lipinski definition) is 0. The molecule has 0 bridgehead atoms. The molecule has 8 heteroatoms. The Morgan fingerprint density at radius 1 is 0.321 bits per heavy atom. The van der Waals surface area contributed by atoms with Crippen LogP contribution in [0.5, 0.6) is 0 Å². The van der Waals surface area contributed by atoms with E-state index in [1.54, 1.807) is 0 Å². The molecular weight excluding hydrogens is 663 g/mol. The van der Waals surface area contributed by atoms with Gasteiger partial charge in [0.2, 0.25) is 0 Å². The second-order valence-electron chi connectivity index (χ2n) is 15.0. The van der Waals surface area contributed by atoms with Crippen molar-refractivity contribution in [3.8, 4) is 11.1 Å². The topological polar surface area (TPSA) is 0 Å². The molecule has 240 valence electrons. The van der Waals surface area contributed by atoms with Crippen LogP contribution in [0.4, 0.5) is 0 Å². The van der Waals surface area contributed by atoms with E-state index in [1.165, 1.54) is 5.39 Å². The van der Waals surface area contributed by atoms with Crippen molar-refractivity contribution in [2.45, 2.75) is 0 Å². The zero-order chi connectivity index (χ0) is 38.6. The largest absolute Gasteiger partial charge is 0.117 e. The van der Waals surface area contributed by atoms with Gasteiger partial charge in [-0.05, 0) is 111 Å². The first kappa shape index (κ1) is 35.0. The van der Waals surface area contributed by atoms with E-state index in [9.17, 15) is 0 Å². The van der Waals surface area contributed by atoms with Crippen molar-refractivity contribution >= 4 is 139 Å². The van der Waals surface area contributed by atoms with Crippen LogP contribution >= 0.6 is 0 Å². The second kappa shape index (κ2) is 13.1. The van der Waals surface area contributed by atoms with Crippen molar-refractivity contribution in [1.29, 1.82) is 0 Å². The van der Waals surface area contributed by atoms with Gasteiger partial charge >= 0.3 is 0 Å². The van der Waals surface area contributed by atoms with Gasteiger partial charge in [0.05, 0.1) is 0 Å². The average Bonchev–Trinajstić information content (AvgIpc) is 3.24. The van der Waals surface area contributed by atoms with Crippen molar-refractivity contribution < 1.29 is 0 Å². The maximum atomic E-state index is 7.16. The Kier molecular flexibility index (Phi) is 8.16. The number of benzene rings is 8. The lowest BCUT2D eigenvalue weighted by Crippen LogP contribution is -2.67. The van der Waals surface area contributed by atoms with Crippen molar-refractivity contribution in [2.24, 2.45) is 11.8 Å². The first-order chi connectivity index (χ1) is 27.1. The van der Waals surface area contributed by atoms with Crippen molar-refractivity contribution in [3.05, 3.63) is 177 Å². The van der Waals surface area contributed by atoms with Gasteiger partial charge in [0.15, 0.2) is 0 Å². The van der Waals surface area contributed by atoms with Crippen LogP contribution in [0.3, 0.4) is 0 Å². The van der Waals surface area contributed by atoms with Crippen molar-refractivity contribution in [3.63, 3.8) is 0 Å². The molecule has 10 rings (SSSR count). The van der Waals surface area contributed by atoms with Crippen LogP contribution in [0.25, 0.3) is 65.4 Å². The van der Waals surface area contributed by atoms with Crippen LogP contribution in [0.1, 0.15) is 11.1 Å². The minimum Gasteiger partial charge on any atom is -0.117 e. The summed E-state index contributed by atoms with van der Waals surface area (Å²) in [7, 11) is 55.4. The molecule has 8 aromatic carbocycles. The fourth-order valence-corrected chi connectivity index (χ4v) is 9.23. The molecule has 0 aromatic heterocycles. The van der Waals surface area contributed by atoms with Crippen molar-refractivity contribution in [1.82, 2.24) is 0 Å². The first-order valence-electron chi connectivity index (χ1n) is 18.6. The predicted molar refractivity (Wildman–Crippen MR) is 245 cm³/mol. The number of hydrogen-bond acceptors (Lipinski definition) is 0. The Labute approximate surface area is 337 Å². The highest BCUT2D eigenvalue weighted by Crippen LogP contribution is 2.49. The van der Waals surface area contributed by atoms with Crippen LogP contribution in [-0.2, 0) is 0 Å². The quantitative estimate of drug-likeness (QED) is 0.150. The van der Waals surface area contributed by atoms with E-state index >= 15 is 0 Å². The fraction of sp³-hybridized carbons (Fsp3) is 0.0417. The monoisotopic (exact) mass is 688 g/mol. The Hall–Kier alpha value is -5.46. The summed E-state index contributed by atoms with van der Waals surface area (Å²) in [5.41, 5.74) is 7.69. The van der Waals surface area contributed by atoms with Gasteiger partial charge in [-0.1, -0.05) is 120 Å². The van der Waals surface area contributed by atoms with Gasteiger partial charge in [0.1, 0.15) is 62.8 Å². The zero-order valence-corrected chi connectivity index (χ0v) is 30.5. The molecule has 16 radical (unpaired) electrons. The van der Waals surface area contributed by atoms with E-state index < -0.39 is 11.8 Å². The Morgan fingerprint density at radius 2 is 0.857 bits per heavy atom.